The number of imidazole rings is 1. The molecular weight excluding hydrogens is 264 g/mol. The van der Waals surface area contributed by atoms with E-state index in [1.165, 1.54) is 16.8 Å². The smallest absolute Gasteiger partial charge is 0.281 e. The summed E-state index contributed by atoms with van der Waals surface area (Å²) < 4.78 is 28.4. The number of aromatic nitrogens is 3. The van der Waals surface area contributed by atoms with Crippen molar-refractivity contribution in [1.82, 2.24) is 14.5 Å². The molecule has 0 radical (unpaired) electrons. The number of anilines is 1. The van der Waals surface area contributed by atoms with Gasteiger partial charge in [0.2, 0.25) is 0 Å². The predicted octanol–water partition coefficient (Wildman–Crippen LogP) is 1.05. The number of nitrogens with zero attached hydrogens (tertiary/aromatic N) is 4. The van der Waals surface area contributed by atoms with Gasteiger partial charge in [0.15, 0.2) is 5.03 Å². The van der Waals surface area contributed by atoms with E-state index >= 15 is 0 Å². The van der Waals surface area contributed by atoms with Crippen molar-refractivity contribution in [2.45, 2.75) is 24.9 Å². The topological polar surface area (TPSA) is 68.1 Å². The second kappa shape index (κ2) is 4.34. The first-order valence-electron chi connectivity index (χ1n) is 6.10. The van der Waals surface area contributed by atoms with Gasteiger partial charge in [-0.25, -0.2) is 4.98 Å². The van der Waals surface area contributed by atoms with Gasteiger partial charge in [-0.2, -0.15) is 8.42 Å². The molecule has 1 aliphatic heterocycles. The van der Waals surface area contributed by atoms with E-state index in [9.17, 15) is 8.42 Å². The van der Waals surface area contributed by atoms with E-state index in [-0.39, 0.29) is 5.03 Å². The predicted molar refractivity (Wildman–Crippen MR) is 70.4 cm³/mol. The Morgan fingerprint density at radius 2 is 2.16 bits per heavy atom. The molecule has 0 unspecified atom stereocenters. The SMILES string of the molecule is CCn1cncc1S(=O)(=O)N1CCc2cnccc21. The lowest BCUT2D eigenvalue weighted by atomic mass is 10.2. The lowest BCUT2D eigenvalue weighted by Gasteiger charge is -2.19. The van der Waals surface area contributed by atoms with Crippen molar-refractivity contribution >= 4 is 15.7 Å². The highest BCUT2D eigenvalue weighted by Crippen LogP contribution is 2.31. The van der Waals surface area contributed by atoms with E-state index in [1.807, 2.05) is 6.92 Å². The molecule has 0 aliphatic carbocycles. The summed E-state index contributed by atoms with van der Waals surface area (Å²) in [4.78, 5) is 7.96. The first kappa shape index (κ1) is 12.2. The molecule has 0 amide bonds. The van der Waals surface area contributed by atoms with Crippen LogP contribution in [-0.4, -0.2) is 29.5 Å². The van der Waals surface area contributed by atoms with Crippen LogP contribution >= 0.6 is 0 Å². The van der Waals surface area contributed by atoms with Crippen LogP contribution in [0, 0.1) is 0 Å². The first-order chi connectivity index (χ1) is 9.14. The summed E-state index contributed by atoms with van der Waals surface area (Å²) >= 11 is 0. The van der Waals surface area contributed by atoms with E-state index < -0.39 is 10.0 Å². The molecule has 0 saturated heterocycles. The molecule has 1 aliphatic rings. The number of hydrogen-bond donors (Lipinski definition) is 0. The molecule has 0 spiro atoms. The maximum Gasteiger partial charge on any atom is 0.281 e. The molecule has 2 aromatic heterocycles. The Balaban J connectivity index is 2.08. The van der Waals surface area contributed by atoms with Gasteiger partial charge in [0.05, 0.1) is 18.2 Å². The Bertz CT molecular complexity index is 708. The van der Waals surface area contributed by atoms with E-state index in [0.717, 1.165) is 11.3 Å². The Morgan fingerprint density at radius 1 is 1.32 bits per heavy atom. The van der Waals surface area contributed by atoms with Gasteiger partial charge in [-0.05, 0) is 25.0 Å². The Hall–Kier alpha value is -1.89. The molecule has 0 aromatic carbocycles. The van der Waals surface area contributed by atoms with Gasteiger partial charge in [0.25, 0.3) is 10.0 Å². The van der Waals surface area contributed by atoms with Gasteiger partial charge in [-0.3, -0.25) is 9.29 Å². The Labute approximate surface area is 111 Å². The van der Waals surface area contributed by atoms with Crippen LogP contribution in [0.25, 0.3) is 0 Å². The van der Waals surface area contributed by atoms with Crippen LogP contribution in [-0.2, 0) is 23.0 Å². The molecule has 0 atom stereocenters. The molecule has 3 heterocycles. The van der Waals surface area contributed by atoms with Gasteiger partial charge in [0, 0.05) is 25.5 Å². The lowest BCUT2D eigenvalue weighted by molar-refractivity contribution is 0.574. The Kier molecular flexibility index (Phi) is 2.78. The summed E-state index contributed by atoms with van der Waals surface area (Å²) in [7, 11) is -3.55. The average Bonchev–Trinajstić information content (AvgIpc) is 3.05. The van der Waals surface area contributed by atoms with Crippen LogP contribution in [0.2, 0.25) is 0 Å². The van der Waals surface area contributed by atoms with Crippen molar-refractivity contribution in [3.05, 3.63) is 36.5 Å². The summed E-state index contributed by atoms with van der Waals surface area (Å²) in [6.45, 7) is 2.92. The summed E-state index contributed by atoms with van der Waals surface area (Å²) in [6, 6.07) is 1.74. The molecule has 3 rings (SSSR count). The number of pyridine rings is 1. The van der Waals surface area contributed by atoms with E-state index in [0.29, 0.717) is 19.5 Å². The molecule has 0 saturated carbocycles. The third-order valence-electron chi connectivity index (χ3n) is 3.30. The number of fused-ring (bicyclic) bond motifs is 1. The van der Waals surface area contributed by atoms with Crippen molar-refractivity contribution < 1.29 is 8.42 Å². The zero-order valence-corrected chi connectivity index (χ0v) is 11.3. The molecule has 0 N–H and O–H groups in total. The molecule has 100 valence electrons. The fraction of sp³-hybridized carbons (Fsp3) is 0.333. The van der Waals surface area contributed by atoms with Crippen molar-refractivity contribution in [2.24, 2.45) is 0 Å². The van der Waals surface area contributed by atoms with Crippen LogP contribution in [0.4, 0.5) is 5.69 Å². The van der Waals surface area contributed by atoms with Gasteiger partial charge in [-0.1, -0.05) is 0 Å². The highest BCUT2D eigenvalue weighted by atomic mass is 32.2. The van der Waals surface area contributed by atoms with Crippen molar-refractivity contribution in [2.75, 3.05) is 10.8 Å². The standard InChI is InChI=1S/C12H14N4O2S/c1-2-15-9-14-8-12(15)19(17,18)16-6-4-10-7-13-5-3-11(10)16/h3,5,7-9H,2,4,6H2,1H3. The molecule has 0 bridgehead atoms. The summed E-state index contributed by atoms with van der Waals surface area (Å²) in [5.74, 6) is 0. The van der Waals surface area contributed by atoms with E-state index in [2.05, 4.69) is 9.97 Å². The largest absolute Gasteiger partial charge is 0.320 e. The zero-order valence-electron chi connectivity index (χ0n) is 10.5. The van der Waals surface area contributed by atoms with E-state index in [1.54, 1.807) is 23.0 Å². The van der Waals surface area contributed by atoms with Crippen molar-refractivity contribution in [3.63, 3.8) is 0 Å². The third kappa shape index (κ3) is 1.81. The third-order valence-corrected chi connectivity index (χ3v) is 5.13. The number of aryl methyl sites for hydroxylation is 1. The van der Waals surface area contributed by atoms with Crippen LogP contribution in [0.1, 0.15) is 12.5 Å². The van der Waals surface area contributed by atoms with Crippen LogP contribution in [0.15, 0.2) is 36.0 Å². The number of sulfonamides is 1. The van der Waals surface area contributed by atoms with Crippen molar-refractivity contribution in [1.29, 1.82) is 0 Å². The minimum atomic E-state index is -3.55. The quantitative estimate of drug-likeness (QED) is 0.841. The number of hydrogen-bond acceptors (Lipinski definition) is 4. The minimum Gasteiger partial charge on any atom is -0.320 e. The minimum absolute atomic E-state index is 0.236. The highest BCUT2D eigenvalue weighted by molar-refractivity contribution is 7.92. The van der Waals surface area contributed by atoms with Crippen LogP contribution in [0.3, 0.4) is 0 Å². The fourth-order valence-electron chi connectivity index (χ4n) is 2.32. The summed E-state index contributed by atoms with van der Waals surface area (Å²) in [6.07, 6.45) is 6.98. The van der Waals surface area contributed by atoms with E-state index in [4.69, 9.17) is 0 Å². The lowest BCUT2D eigenvalue weighted by Crippen LogP contribution is -2.30. The number of rotatable bonds is 3. The summed E-state index contributed by atoms with van der Waals surface area (Å²) in [5, 5.41) is 0.236. The second-order valence-electron chi connectivity index (χ2n) is 4.35. The molecule has 2 aromatic rings. The first-order valence-corrected chi connectivity index (χ1v) is 7.54. The van der Waals surface area contributed by atoms with Crippen LogP contribution in [0.5, 0.6) is 0 Å². The molecule has 0 fully saturated rings. The van der Waals surface area contributed by atoms with Gasteiger partial charge in [0.1, 0.15) is 0 Å². The van der Waals surface area contributed by atoms with Crippen LogP contribution < -0.4 is 4.31 Å². The second-order valence-corrected chi connectivity index (χ2v) is 6.16. The highest BCUT2D eigenvalue weighted by Gasteiger charge is 2.32. The molecular formula is C12H14N4O2S. The molecule has 6 nitrogen and oxygen atoms in total. The maximum absolute atomic E-state index is 12.7. The molecule has 19 heavy (non-hydrogen) atoms. The van der Waals surface area contributed by atoms with Gasteiger partial charge in [-0.15, -0.1) is 0 Å². The Morgan fingerprint density at radius 3 is 2.95 bits per heavy atom. The molecule has 7 heteroatoms. The monoisotopic (exact) mass is 278 g/mol. The maximum atomic E-state index is 12.7. The van der Waals surface area contributed by atoms with Crippen molar-refractivity contribution in [3.8, 4) is 0 Å². The van der Waals surface area contributed by atoms with Gasteiger partial charge < -0.3 is 4.57 Å². The fourth-order valence-corrected chi connectivity index (χ4v) is 3.98. The summed E-state index contributed by atoms with van der Waals surface area (Å²) in [5.41, 5.74) is 1.69. The normalized spacial score (nSPS) is 14.7. The average molecular weight is 278 g/mol. The van der Waals surface area contributed by atoms with Gasteiger partial charge >= 0.3 is 0 Å². The zero-order chi connectivity index (χ0) is 13.5.